The Morgan fingerprint density at radius 3 is 2.64 bits per heavy atom. The number of aromatic nitrogens is 1. The highest BCUT2D eigenvalue weighted by molar-refractivity contribution is 8.01. The SMILES string of the molecule is CSC=C(C)c1ccncc1. The molecule has 1 rings (SSSR count). The molecule has 0 bridgehead atoms. The van der Waals surface area contributed by atoms with Crippen LogP contribution in [0.5, 0.6) is 0 Å². The van der Waals surface area contributed by atoms with Crippen molar-refractivity contribution in [3.05, 3.63) is 35.5 Å². The van der Waals surface area contributed by atoms with Gasteiger partial charge in [0.05, 0.1) is 0 Å². The van der Waals surface area contributed by atoms with E-state index in [1.807, 2.05) is 24.5 Å². The first kappa shape index (κ1) is 8.34. The van der Waals surface area contributed by atoms with Crippen LogP contribution in [0.25, 0.3) is 5.57 Å². The zero-order valence-corrected chi connectivity index (χ0v) is 7.56. The molecule has 0 atom stereocenters. The smallest absolute Gasteiger partial charge is 0.0273 e. The lowest BCUT2D eigenvalue weighted by atomic mass is 10.1. The van der Waals surface area contributed by atoms with Gasteiger partial charge in [-0.15, -0.1) is 11.8 Å². The lowest BCUT2D eigenvalue weighted by molar-refractivity contribution is 1.31. The molecule has 1 heterocycles. The molecular weight excluding hydrogens is 154 g/mol. The van der Waals surface area contributed by atoms with E-state index in [-0.39, 0.29) is 0 Å². The predicted molar refractivity (Wildman–Crippen MR) is 51.4 cm³/mol. The van der Waals surface area contributed by atoms with Crippen LogP contribution >= 0.6 is 11.8 Å². The maximum absolute atomic E-state index is 3.95. The molecule has 0 spiro atoms. The second-order valence-corrected chi connectivity index (χ2v) is 2.98. The lowest BCUT2D eigenvalue weighted by Gasteiger charge is -1.97. The summed E-state index contributed by atoms with van der Waals surface area (Å²) in [6.45, 7) is 2.10. The summed E-state index contributed by atoms with van der Waals surface area (Å²) in [6.07, 6.45) is 5.69. The molecule has 1 nitrogen and oxygen atoms in total. The standard InChI is InChI=1S/C9H11NS/c1-8(7-11-2)9-3-5-10-6-4-9/h3-7H,1-2H3. The minimum Gasteiger partial charge on any atom is -0.265 e. The van der Waals surface area contributed by atoms with Crippen molar-refractivity contribution in [2.24, 2.45) is 0 Å². The van der Waals surface area contributed by atoms with Crippen molar-refractivity contribution in [2.75, 3.05) is 6.26 Å². The molecule has 0 aliphatic rings. The fourth-order valence-electron chi connectivity index (χ4n) is 0.860. The molecule has 0 N–H and O–H groups in total. The van der Waals surface area contributed by atoms with Crippen LogP contribution in [0.3, 0.4) is 0 Å². The van der Waals surface area contributed by atoms with Gasteiger partial charge in [0, 0.05) is 12.4 Å². The first-order valence-electron chi connectivity index (χ1n) is 3.44. The monoisotopic (exact) mass is 165 g/mol. The largest absolute Gasteiger partial charge is 0.265 e. The van der Waals surface area contributed by atoms with Gasteiger partial charge in [0.1, 0.15) is 0 Å². The summed E-state index contributed by atoms with van der Waals surface area (Å²) in [5, 5.41) is 2.13. The Morgan fingerprint density at radius 1 is 1.45 bits per heavy atom. The van der Waals surface area contributed by atoms with Crippen molar-refractivity contribution in [1.82, 2.24) is 4.98 Å². The Balaban J connectivity index is 2.85. The Hall–Kier alpha value is -0.760. The highest BCUT2D eigenvalue weighted by Crippen LogP contribution is 2.14. The van der Waals surface area contributed by atoms with Gasteiger partial charge in [-0.3, -0.25) is 4.98 Å². The van der Waals surface area contributed by atoms with Crippen LogP contribution in [-0.2, 0) is 0 Å². The molecular formula is C9H11NS. The minimum absolute atomic E-state index is 1.24. The summed E-state index contributed by atoms with van der Waals surface area (Å²) in [6, 6.07) is 4.03. The number of rotatable bonds is 2. The van der Waals surface area contributed by atoms with Gasteiger partial charge in [0.2, 0.25) is 0 Å². The van der Waals surface area contributed by atoms with Gasteiger partial charge in [0.25, 0.3) is 0 Å². The van der Waals surface area contributed by atoms with Crippen LogP contribution in [0.2, 0.25) is 0 Å². The van der Waals surface area contributed by atoms with E-state index in [9.17, 15) is 0 Å². The topological polar surface area (TPSA) is 12.9 Å². The quantitative estimate of drug-likeness (QED) is 0.668. The number of pyridine rings is 1. The van der Waals surface area contributed by atoms with Gasteiger partial charge < -0.3 is 0 Å². The Labute approximate surface area is 71.5 Å². The molecule has 1 aromatic rings. The highest BCUT2D eigenvalue weighted by atomic mass is 32.2. The molecule has 0 radical (unpaired) electrons. The summed E-state index contributed by atoms with van der Waals surface area (Å²) >= 11 is 1.72. The number of hydrogen-bond donors (Lipinski definition) is 0. The fraction of sp³-hybridized carbons (Fsp3) is 0.222. The van der Waals surface area contributed by atoms with Crippen molar-refractivity contribution >= 4 is 17.3 Å². The molecule has 0 amide bonds. The molecule has 2 heteroatoms. The van der Waals surface area contributed by atoms with E-state index in [0.29, 0.717) is 0 Å². The van der Waals surface area contributed by atoms with Crippen molar-refractivity contribution in [3.8, 4) is 0 Å². The molecule has 0 saturated carbocycles. The summed E-state index contributed by atoms with van der Waals surface area (Å²) in [5.74, 6) is 0. The number of allylic oxidation sites excluding steroid dienone is 1. The van der Waals surface area contributed by atoms with Crippen molar-refractivity contribution in [1.29, 1.82) is 0 Å². The van der Waals surface area contributed by atoms with E-state index in [1.54, 1.807) is 11.8 Å². The molecule has 0 aliphatic heterocycles. The maximum Gasteiger partial charge on any atom is 0.0273 e. The molecule has 0 aromatic carbocycles. The maximum atomic E-state index is 3.95. The van der Waals surface area contributed by atoms with Crippen LogP contribution in [0, 0.1) is 0 Å². The summed E-state index contributed by atoms with van der Waals surface area (Å²) < 4.78 is 0. The van der Waals surface area contributed by atoms with E-state index in [2.05, 4.69) is 23.6 Å². The van der Waals surface area contributed by atoms with Gasteiger partial charge in [-0.05, 0) is 41.9 Å². The van der Waals surface area contributed by atoms with Crippen molar-refractivity contribution in [3.63, 3.8) is 0 Å². The van der Waals surface area contributed by atoms with Gasteiger partial charge in [-0.2, -0.15) is 0 Å². The average molecular weight is 165 g/mol. The number of hydrogen-bond acceptors (Lipinski definition) is 2. The Kier molecular flexibility index (Phi) is 3.17. The fourth-order valence-corrected chi connectivity index (χ4v) is 1.35. The summed E-state index contributed by atoms with van der Waals surface area (Å²) in [5.41, 5.74) is 2.54. The third kappa shape index (κ3) is 2.39. The zero-order chi connectivity index (χ0) is 8.10. The first-order chi connectivity index (χ1) is 5.34. The van der Waals surface area contributed by atoms with E-state index in [4.69, 9.17) is 0 Å². The summed E-state index contributed by atoms with van der Waals surface area (Å²) in [4.78, 5) is 3.95. The third-order valence-corrected chi connectivity index (χ3v) is 2.02. The van der Waals surface area contributed by atoms with E-state index in [0.717, 1.165) is 0 Å². The minimum atomic E-state index is 1.24. The number of nitrogens with zero attached hydrogens (tertiary/aromatic N) is 1. The van der Waals surface area contributed by atoms with Gasteiger partial charge in [-0.25, -0.2) is 0 Å². The second kappa shape index (κ2) is 4.19. The summed E-state index contributed by atoms with van der Waals surface area (Å²) in [7, 11) is 0. The highest BCUT2D eigenvalue weighted by Gasteiger charge is 1.91. The van der Waals surface area contributed by atoms with Crippen LogP contribution in [0.1, 0.15) is 12.5 Å². The van der Waals surface area contributed by atoms with E-state index in [1.165, 1.54) is 11.1 Å². The zero-order valence-electron chi connectivity index (χ0n) is 6.74. The molecule has 11 heavy (non-hydrogen) atoms. The van der Waals surface area contributed by atoms with Crippen molar-refractivity contribution in [2.45, 2.75) is 6.92 Å². The molecule has 58 valence electrons. The Morgan fingerprint density at radius 2 is 2.09 bits per heavy atom. The lowest BCUT2D eigenvalue weighted by Crippen LogP contribution is -1.77. The second-order valence-electron chi connectivity index (χ2n) is 2.27. The molecule has 1 aromatic heterocycles. The third-order valence-electron chi connectivity index (χ3n) is 1.43. The van der Waals surface area contributed by atoms with Gasteiger partial charge in [0.15, 0.2) is 0 Å². The van der Waals surface area contributed by atoms with Gasteiger partial charge >= 0.3 is 0 Å². The van der Waals surface area contributed by atoms with Crippen LogP contribution in [0.15, 0.2) is 29.9 Å². The van der Waals surface area contributed by atoms with Gasteiger partial charge in [-0.1, -0.05) is 0 Å². The van der Waals surface area contributed by atoms with Crippen LogP contribution in [0.4, 0.5) is 0 Å². The first-order valence-corrected chi connectivity index (χ1v) is 4.73. The normalized spacial score (nSPS) is 11.6. The molecule has 0 fully saturated rings. The van der Waals surface area contributed by atoms with Crippen LogP contribution < -0.4 is 0 Å². The molecule has 0 aliphatic carbocycles. The van der Waals surface area contributed by atoms with E-state index >= 15 is 0 Å². The van der Waals surface area contributed by atoms with Crippen LogP contribution in [-0.4, -0.2) is 11.2 Å². The Bertz CT molecular complexity index is 241. The number of thioether (sulfide) groups is 1. The average Bonchev–Trinajstić information content (AvgIpc) is 2.07. The van der Waals surface area contributed by atoms with E-state index < -0.39 is 0 Å². The molecule has 0 saturated heterocycles. The van der Waals surface area contributed by atoms with Crippen molar-refractivity contribution < 1.29 is 0 Å². The predicted octanol–water partition coefficient (Wildman–Crippen LogP) is 2.81. The molecule has 0 unspecified atom stereocenters.